The fourth-order valence-corrected chi connectivity index (χ4v) is 8.01. The first kappa shape index (κ1) is 61.5. The Labute approximate surface area is 429 Å². The number of aliphatic hydroxyl groups excluding tert-OH is 1. The predicted molar refractivity (Wildman–Crippen MR) is 270 cm³/mol. The van der Waals surface area contributed by atoms with E-state index >= 15 is 0 Å². The Morgan fingerprint density at radius 3 is 2.05 bits per heavy atom. The summed E-state index contributed by atoms with van der Waals surface area (Å²) in [6.45, 7) is 0.0554. The molecular formula is C45H79N19O10. The first-order valence-corrected chi connectivity index (χ1v) is 25.0. The molecule has 1 aliphatic heterocycles. The van der Waals surface area contributed by atoms with E-state index in [9.17, 15) is 48.3 Å². The van der Waals surface area contributed by atoms with Crippen molar-refractivity contribution in [2.24, 2.45) is 56.8 Å². The lowest BCUT2D eigenvalue weighted by atomic mass is 10.1. The van der Waals surface area contributed by atoms with Crippen LogP contribution in [-0.2, 0) is 49.6 Å². The highest BCUT2D eigenvalue weighted by molar-refractivity contribution is 6.00. The number of aliphatic hydroxyl groups is 1. The summed E-state index contributed by atoms with van der Waals surface area (Å²) < 4.78 is 0. The van der Waals surface area contributed by atoms with E-state index in [4.69, 9.17) is 45.9 Å². The van der Waals surface area contributed by atoms with Crippen LogP contribution in [0.2, 0.25) is 0 Å². The van der Waals surface area contributed by atoms with E-state index in [-0.39, 0.29) is 82.2 Å². The van der Waals surface area contributed by atoms with E-state index in [0.29, 0.717) is 63.7 Å². The highest BCUT2D eigenvalue weighted by atomic mass is 16.3. The van der Waals surface area contributed by atoms with Gasteiger partial charge in [-0.3, -0.25) is 48.1 Å². The molecule has 1 aromatic heterocycles. The van der Waals surface area contributed by atoms with E-state index in [2.05, 4.69) is 52.2 Å². The summed E-state index contributed by atoms with van der Waals surface area (Å²) in [6.07, 6.45) is 7.20. The van der Waals surface area contributed by atoms with E-state index in [1.54, 1.807) is 0 Å². The van der Waals surface area contributed by atoms with E-state index in [0.717, 1.165) is 0 Å². The van der Waals surface area contributed by atoms with Gasteiger partial charge < -0.3 is 98.1 Å². The number of H-pyrrole nitrogens is 1. The van der Waals surface area contributed by atoms with Gasteiger partial charge in [-0.1, -0.05) is 12.5 Å². The second kappa shape index (κ2) is 32.4. The second-order valence-electron chi connectivity index (χ2n) is 18.2. The average molecular weight is 1050 g/mol. The fraction of sp³-hybridized carbons (Fsp3) is 0.667. The molecule has 414 valence electrons. The van der Waals surface area contributed by atoms with Crippen LogP contribution in [0.1, 0.15) is 89.2 Å². The largest absolute Gasteiger partial charge is 0.389 e. The van der Waals surface area contributed by atoms with Gasteiger partial charge in [0.15, 0.2) is 5.96 Å². The highest BCUT2D eigenvalue weighted by Gasteiger charge is 2.42. The molecule has 8 atom stereocenters. The van der Waals surface area contributed by atoms with Crippen LogP contribution in [0.5, 0.6) is 0 Å². The molecule has 1 saturated carbocycles. The number of hydrogen-bond acceptors (Lipinski definition) is 17. The van der Waals surface area contributed by atoms with Crippen LogP contribution < -0.4 is 83.1 Å². The van der Waals surface area contributed by atoms with Gasteiger partial charge in [-0.25, -0.2) is 4.98 Å². The van der Waals surface area contributed by atoms with Crippen LogP contribution in [0.3, 0.4) is 0 Å². The molecule has 25 N–H and O–H groups in total. The summed E-state index contributed by atoms with van der Waals surface area (Å²) in [5.41, 5.74) is 45.1. The molecule has 74 heavy (non-hydrogen) atoms. The van der Waals surface area contributed by atoms with Crippen molar-refractivity contribution in [1.82, 2.24) is 52.1 Å². The van der Waals surface area contributed by atoms with Crippen molar-refractivity contribution in [2.45, 2.75) is 138 Å². The van der Waals surface area contributed by atoms with Gasteiger partial charge in [0.2, 0.25) is 47.3 Å². The van der Waals surface area contributed by atoms with Gasteiger partial charge in [0.05, 0.1) is 25.0 Å². The van der Waals surface area contributed by atoms with Crippen molar-refractivity contribution in [3.63, 3.8) is 0 Å². The third-order valence-corrected chi connectivity index (χ3v) is 12.3. The van der Waals surface area contributed by atoms with Gasteiger partial charge in [0, 0.05) is 37.9 Å². The van der Waals surface area contributed by atoms with Crippen LogP contribution in [0.4, 0.5) is 0 Å². The van der Waals surface area contributed by atoms with Crippen molar-refractivity contribution in [1.29, 1.82) is 0 Å². The maximum Gasteiger partial charge on any atom is 0.264 e. The van der Waals surface area contributed by atoms with Gasteiger partial charge in [-0.2, -0.15) is 0 Å². The van der Waals surface area contributed by atoms with E-state index < -0.39 is 115 Å². The number of aromatic amines is 1. The summed E-state index contributed by atoms with van der Waals surface area (Å²) in [4.78, 5) is 134. The normalized spacial score (nSPS) is 17.2. The van der Waals surface area contributed by atoms with Gasteiger partial charge in [0.1, 0.15) is 41.9 Å². The van der Waals surface area contributed by atoms with E-state index in [1.807, 2.05) is 0 Å². The molecule has 3 rings (SSSR count). The number of likely N-dealkylation sites (tertiary alicyclic amines) is 1. The molecule has 1 aliphatic carbocycles. The number of guanidine groups is 1. The molecule has 0 spiro atoms. The van der Waals surface area contributed by atoms with Crippen LogP contribution in [0.15, 0.2) is 29.3 Å². The Morgan fingerprint density at radius 2 is 1.45 bits per heavy atom. The lowest BCUT2D eigenvalue weighted by Gasteiger charge is -2.30. The zero-order valence-corrected chi connectivity index (χ0v) is 41.9. The van der Waals surface area contributed by atoms with Crippen LogP contribution in [0.25, 0.3) is 0 Å². The molecule has 0 aromatic carbocycles. The number of hydrogen-bond donors (Lipinski definition) is 17. The Balaban J connectivity index is 1.73. The topological polar surface area (TPSA) is 511 Å². The molecule has 9 amide bonds. The van der Waals surface area contributed by atoms with Crippen LogP contribution in [0, 0.1) is 5.92 Å². The first-order valence-electron chi connectivity index (χ1n) is 25.0. The smallest absolute Gasteiger partial charge is 0.264 e. The number of carbonyl (C=O) groups is 9. The minimum Gasteiger partial charge on any atom is -0.389 e. The molecule has 1 saturated heterocycles. The van der Waals surface area contributed by atoms with Gasteiger partial charge >= 0.3 is 0 Å². The van der Waals surface area contributed by atoms with E-state index in [1.165, 1.54) is 23.5 Å². The van der Waals surface area contributed by atoms with Crippen LogP contribution >= 0.6 is 0 Å². The summed E-state index contributed by atoms with van der Waals surface area (Å²) in [7, 11) is 0. The second-order valence-corrected chi connectivity index (χ2v) is 18.2. The third kappa shape index (κ3) is 21.0. The van der Waals surface area contributed by atoms with Crippen molar-refractivity contribution in [3.05, 3.63) is 30.0 Å². The molecule has 1 aromatic rings. The Morgan fingerprint density at radius 1 is 0.770 bits per heavy atom. The SMILES string of the molecule is NCCCC[C@H](NC(=O)[C@H](Cc1cnc[nH]1)NC(=O)[C@@H]1CCCN1C(=O)[C@@H](CCCN)NC(=O)CNC(=O)[C@@H](NC(=O)[C@@H](NC(=O)[C@@H](N)CCCCN)[C@@H](O)CN)C1CC1)C(=O)N/C(=C\CCN=C(N)N)C(N)=O. The molecule has 2 aliphatic rings. The van der Waals surface area contributed by atoms with Gasteiger partial charge in [-0.15, -0.1) is 0 Å². The lowest BCUT2D eigenvalue weighted by molar-refractivity contribution is -0.142. The zero-order valence-electron chi connectivity index (χ0n) is 41.9. The molecule has 2 heterocycles. The minimum atomic E-state index is -1.54. The van der Waals surface area contributed by atoms with Crippen molar-refractivity contribution in [2.75, 3.05) is 45.8 Å². The quantitative estimate of drug-likeness (QED) is 0.0130. The summed E-state index contributed by atoms with van der Waals surface area (Å²) >= 11 is 0. The van der Waals surface area contributed by atoms with Crippen LogP contribution in [-0.4, -0.2) is 173 Å². The lowest BCUT2D eigenvalue weighted by Crippen LogP contribution is -2.61. The van der Waals surface area contributed by atoms with Gasteiger partial charge in [-0.05, 0) is 103 Å². The Bertz CT molecular complexity index is 2080. The predicted octanol–water partition coefficient (Wildman–Crippen LogP) is -7.31. The summed E-state index contributed by atoms with van der Waals surface area (Å²) in [5.74, 6) is -7.40. The molecule has 0 radical (unpaired) electrons. The Kier molecular flexibility index (Phi) is 26.9. The Hall–Kier alpha value is -6.79. The van der Waals surface area contributed by atoms with Crippen molar-refractivity contribution in [3.8, 4) is 0 Å². The number of imidazole rings is 1. The number of nitrogens with two attached hydrogens (primary N) is 8. The van der Waals surface area contributed by atoms with Crippen molar-refractivity contribution >= 4 is 59.1 Å². The number of nitrogens with one attached hydrogen (secondary N) is 8. The monoisotopic (exact) mass is 1050 g/mol. The minimum absolute atomic E-state index is 0.0647. The van der Waals surface area contributed by atoms with Gasteiger partial charge in [0.25, 0.3) is 5.91 Å². The fourth-order valence-electron chi connectivity index (χ4n) is 8.01. The standard InChI is InChI=1S/C45H79N19O10/c46-15-3-1-8-27(50)38(68)63-36(33(65)21-49)43(73)62-35(25-13-14-25)42(72)56-23-34(66)58-30(10-5-17-48)44(74)64-19-7-12-32(64)41(71)61-31(20-26-22-54-24-57-26)40(70)60-29(9-2-4-16-47)39(69)59-28(37(51)67)11-6-18-55-45(52)53/h11,22,24-25,27,29-33,35-36,65H,1-10,12-21,23,46-50H2,(H2,51,67)(H,54,57)(H,56,72)(H,58,66)(H,59,69)(H,60,70)(H,61,71)(H,62,73)(H,63,68)(H4,52,53,55)/b28-11-/t27-,29-,30+,31-,32-,33-,35-,36-/m0/s1. The summed E-state index contributed by atoms with van der Waals surface area (Å²) in [6, 6.07) is -8.52. The number of primary amides is 1. The number of amides is 9. The number of carbonyl (C=O) groups excluding carboxylic acids is 9. The molecule has 29 heteroatoms. The number of nitrogens with zero attached hydrogens (tertiary/aromatic N) is 3. The highest BCUT2D eigenvalue weighted by Crippen LogP contribution is 2.33. The number of aliphatic imine (C=N–C) groups is 1. The maximum atomic E-state index is 14.2. The third-order valence-electron chi connectivity index (χ3n) is 12.3. The number of rotatable bonds is 35. The molecular weight excluding hydrogens is 967 g/mol. The average Bonchev–Trinajstić information content (AvgIpc) is 3.84. The maximum absolute atomic E-state index is 14.2. The summed E-state index contributed by atoms with van der Waals surface area (Å²) in [5, 5.41) is 28.6. The number of aromatic nitrogens is 2. The number of unbranched alkanes of at least 4 members (excludes halogenated alkanes) is 2. The molecule has 29 nitrogen and oxygen atoms in total. The molecule has 0 unspecified atom stereocenters. The molecule has 2 fully saturated rings. The van der Waals surface area contributed by atoms with Crippen molar-refractivity contribution < 1.29 is 48.3 Å². The zero-order chi connectivity index (χ0) is 54.7. The first-order chi connectivity index (χ1) is 35.3. The molecule has 0 bridgehead atoms.